The highest BCUT2D eigenvalue weighted by Crippen LogP contribution is 2.41. The van der Waals surface area contributed by atoms with Gasteiger partial charge in [0.15, 0.2) is 11.5 Å². The van der Waals surface area contributed by atoms with Gasteiger partial charge >= 0.3 is 5.97 Å². The van der Waals surface area contributed by atoms with Crippen molar-refractivity contribution in [3.05, 3.63) is 11.3 Å². The molecule has 2 aliphatic rings. The van der Waals surface area contributed by atoms with E-state index in [4.69, 9.17) is 0 Å². The quantitative estimate of drug-likeness (QED) is 0.507. The molecule has 0 spiro atoms. The first-order valence-electron chi connectivity index (χ1n) is 3.98. The van der Waals surface area contributed by atoms with Crippen LogP contribution in [0.3, 0.4) is 0 Å². The highest BCUT2D eigenvalue weighted by atomic mass is 16.6. The Balaban J connectivity index is 2.37. The highest BCUT2D eigenvalue weighted by molar-refractivity contribution is 6.11. The lowest BCUT2D eigenvalue weighted by Crippen LogP contribution is -2.37. The van der Waals surface area contributed by atoms with Crippen LogP contribution in [0, 0.1) is 5.41 Å². The van der Waals surface area contributed by atoms with E-state index in [0.717, 1.165) is 0 Å². The summed E-state index contributed by atoms with van der Waals surface area (Å²) in [6.45, 7) is 3.97. The summed E-state index contributed by atoms with van der Waals surface area (Å²) in [5.41, 5.74) is 0.520. The van der Waals surface area contributed by atoms with Crippen LogP contribution in [0.25, 0.3) is 0 Å². The van der Waals surface area contributed by atoms with Gasteiger partial charge in [0, 0.05) is 6.42 Å². The van der Waals surface area contributed by atoms with E-state index < -0.39 is 0 Å². The number of ether oxygens (including phenoxy) is 1. The van der Waals surface area contributed by atoms with Gasteiger partial charge in [-0.15, -0.1) is 0 Å². The third kappa shape index (κ3) is 0.891. The minimum Gasteiger partial charge on any atom is -0.419 e. The fourth-order valence-corrected chi connectivity index (χ4v) is 1.70. The van der Waals surface area contributed by atoms with Gasteiger partial charge in [0.25, 0.3) is 0 Å². The minimum absolute atomic E-state index is 0.0270. The van der Waals surface area contributed by atoms with Crippen LogP contribution in [0.4, 0.5) is 0 Å². The Morgan fingerprint density at radius 1 is 1.25 bits per heavy atom. The van der Waals surface area contributed by atoms with Crippen molar-refractivity contribution in [1.82, 2.24) is 0 Å². The number of Topliss-reactive ketones (excluding diaryl/α,β-unsaturated/α-hetero) is 1. The van der Waals surface area contributed by atoms with Crippen LogP contribution in [0.2, 0.25) is 0 Å². The molecule has 0 fully saturated rings. The van der Waals surface area contributed by atoms with E-state index in [1.165, 1.54) is 0 Å². The van der Waals surface area contributed by atoms with Crippen LogP contribution in [-0.2, 0) is 14.3 Å². The Morgan fingerprint density at radius 2 is 1.92 bits per heavy atom. The minimum atomic E-state index is -0.314. The molecule has 0 saturated carbocycles. The van der Waals surface area contributed by atoms with Gasteiger partial charge in [-0.05, 0) is 11.8 Å². The lowest BCUT2D eigenvalue weighted by molar-refractivity contribution is -0.147. The molecule has 3 nitrogen and oxygen atoms in total. The molecule has 0 saturated heterocycles. The van der Waals surface area contributed by atoms with E-state index in [1.54, 1.807) is 0 Å². The topological polar surface area (TPSA) is 43.4 Å². The second-order valence-electron chi connectivity index (χ2n) is 4.14. The van der Waals surface area contributed by atoms with E-state index in [-0.39, 0.29) is 17.2 Å². The third-order valence-electron chi connectivity index (χ3n) is 2.26. The molecule has 0 amide bonds. The number of rotatable bonds is 0. The summed E-state index contributed by atoms with van der Waals surface area (Å²) >= 11 is 0. The van der Waals surface area contributed by atoms with Gasteiger partial charge in [0.2, 0.25) is 0 Å². The zero-order valence-corrected chi connectivity index (χ0v) is 7.14. The average Bonchev–Trinajstić information content (AvgIpc) is 1.93. The maximum absolute atomic E-state index is 11.3. The van der Waals surface area contributed by atoms with Crippen LogP contribution in [-0.4, -0.2) is 11.8 Å². The van der Waals surface area contributed by atoms with Gasteiger partial charge in [-0.25, -0.2) is 4.79 Å². The Morgan fingerprint density at radius 3 is 2.50 bits per heavy atom. The Hall–Kier alpha value is -1.12. The SMILES string of the molecule is CC1(C)CC(=O)C2=C(C1)C(=O)O2. The maximum atomic E-state index is 11.3. The van der Waals surface area contributed by atoms with Gasteiger partial charge in [-0.1, -0.05) is 13.8 Å². The molecule has 2 rings (SSSR count). The fourth-order valence-electron chi connectivity index (χ4n) is 1.70. The first-order valence-corrected chi connectivity index (χ1v) is 3.98. The van der Waals surface area contributed by atoms with Crippen molar-refractivity contribution in [1.29, 1.82) is 0 Å². The van der Waals surface area contributed by atoms with Crippen molar-refractivity contribution in [3.8, 4) is 0 Å². The van der Waals surface area contributed by atoms with E-state index in [0.29, 0.717) is 24.2 Å². The molecule has 0 radical (unpaired) electrons. The maximum Gasteiger partial charge on any atom is 0.343 e. The zero-order chi connectivity index (χ0) is 8.93. The summed E-state index contributed by atoms with van der Waals surface area (Å²) < 4.78 is 4.64. The summed E-state index contributed by atoms with van der Waals surface area (Å²) in [6.07, 6.45) is 1.16. The van der Waals surface area contributed by atoms with Crippen LogP contribution < -0.4 is 0 Å². The molecule has 0 N–H and O–H groups in total. The number of carbonyl (C=O) groups is 2. The third-order valence-corrected chi connectivity index (χ3v) is 2.26. The monoisotopic (exact) mass is 166 g/mol. The first-order chi connectivity index (χ1) is 5.49. The summed E-state index contributed by atoms with van der Waals surface area (Å²) in [6, 6.07) is 0. The number of allylic oxidation sites excluding steroid dienone is 1. The van der Waals surface area contributed by atoms with Crippen molar-refractivity contribution in [3.63, 3.8) is 0 Å². The number of hydrogen-bond acceptors (Lipinski definition) is 3. The number of esters is 1. The van der Waals surface area contributed by atoms with Gasteiger partial charge in [0.05, 0.1) is 5.57 Å². The van der Waals surface area contributed by atoms with E-state index in [9.17, 15) is 9.59 Å². The molecule has 0 bridgehead atoms. The van der Waals surface area contributed by atoms with Crippen LogP contribution in [0.1, 0.15) is 26.7 Å². The van der Waals surface area contributed by atoms with Crippen molar-refractivity contribution in [2.75, 3.05) is 0 Å². The van der Waals surface area contributed by atoms with Crippen LogP contribution in [0.5, 0.6) is 0 Å². The molecular formula is C9H10O3. The summed E-state index contributed by atoms with van der Waals surface area (Å²) in [5.74, 6) is -0.0219. The van der Waals surface area contributed by atoms with Crippen LogP contribution in [0.15, 0.2) is 11.3 Å². The lowest BCUT2D eigenvalue weighted by atomic mass is 9.74. The molecule has 0 atom stereocenters. The predicted octanol–water partition coefficient (Wildman–Crippen LogP) is 1.19. The largest absolute Gasteiger partial charge is 0.419 e. The van der Waals surface area contributed by atoms with Gasteiger partial charge in [0.1, 0.15) is 0 Å². The van der Waals surface area contributed by atoms with E-state index in [2.05, 4.69) is 4.74 Å². The molecule has 0 aromatic rings. The van der Waals surface area contributed by atoms with Crippen molar-refractivity contribution >= 4 is 11.8 Å². The van der Waals surface area contributed by atoms with Gasteiger partial charge in [-0.2, -0.15) is 0 Å². The molecule has 0 unspecified atom stereocenters. The Bertz CT molecular complexity index is 310. The van der Waals surface area contributed by atoms with Crippen molar-refractivity contribution < 1.29 is 14.3 Å². The molecular weight excluding hydrogens is 156 g/mol. The molecule has 1 aliphatic carbocycles. The Labute approximate surface area is 70.4 Å². The number of carbonyl (C=O) groups excluding carboxylic acids is 2. The van der Waals surface area contributed by atoms with Crippen LogP contribution >= 0.6 is 0 Å². The molecule has 1 heterocycles. The summed E-state index contributed by atoms with van der Waals surface area (Å²) in [7, 11) is 0. The average molecular weight is 166 g/mol. The molecule has 1 aliphatic heterocycles. The second kappa shape index (κ2) is 1.97. The summed E-state index contributed by atoms with van der Waals surface area (Å²) in [5, 5.41) is 0. The molecule has 64 valence electrons. The lowest BCUT2D eigenvalue weighted by Gasteiger charge is -2.34. The van der Waals surface area contributed by atoms with Gasteiger partial charge in [-0.3, -0.25) is 4.79 Å². The fraction of sp³-hybridized carbons (Fsp3) is 0.556. The van der Waals surface area contributed by atoms with Crippen molar-refractivity contribution in [2.24, 2.45) is 5.41 Å². The molecule has 0 aromatic heterocycles. The number of hydrogen-bond donors (Lipinski definition) is 0. The van der Waals surface area contributed by atoms with E-state index >= 15 is 0 Å². The predicted molar refractivity (Wildman–Crippen MR) is 41.1 cm³/mol. The van der Waals surface area contributed by atoms with Crippen molar-refractivity contribution in [2.45, 2.75) is 26.7 Å². The highest BCUT2D eigenvalue weighted by Gasteiger charge is 2.43. The smallest absolute Gasteiger partial charge is 0.343 e. The second-order valence-corrected chi connectivity index (χ2v) is 4.14. The van der Waals surface area contributed by atoms with E-state index in [1.807, 2.05) is 13.8 Å². The zero-order valence-electron chi connectivity index (χ0n) is 7.14. The standard InChI is InChI=1S/C9H10O3/c1-9(2)3-5-7(6(10)4-9)12-8(5)11/h3-4H2,1-2H3. The molecule has 12 heavy (non-hydrogen) atoms. The van der Waals surface area contributed by atoms with Gasteiger partial charge < -0.3 is 4.74 Å². The summed E-state index contributed by atoms with van der Waals surface area (Å²) in [4.78, 5) is 22.1. The normalized spacial score (nSPS) is 26.2. The Kier molecular flexibility index (Phi) is 1.24. The molecule has 0 aromatic carbocycles. The number of ketones is 1. The molecule has 3 heteroatoms. The first kappa shape index (κ1) is 7.53.